The van der Waals surface area contributed by atoms with Gasteiger partial charge in [-0.15, -0.1) is 11.3 Å². The van der Waals surface area contributed by atoms with Gasteiger partial charge in [0.2, 0.25) is 0 Å². The number of benzene rings is 1. The van der Waals surface area contributed by atoms with E-state index in [1.807, 2.05) is 11.3 Å². The Morgan fingerprint density at radius 3 is 2.48 bits per heavy atom. The third-order valence-electron chi connectivity index (χ3n) is 4.17. The van der Waals surface area contributed by atoms with Gasteiger partial charge in [-0.05, 0) is 80.1 Å². The third kappa shape index (κ3) is 3.25. The third-order valence-corrected chi connectivity index (χ3v) is 6.64. The van der Waals surface area contributed by atoms with Gasteiger partial charge in [0.25, 0.3) is 0 Å². The van der Waals surface area contributed by atoms with E-state index in [4.69, 9.17) is 0 Å². The van der Waals surface area contributed by atoms with E-state index >= 15 is 0 Å². The molecule has 1 aromatic heterocycles. The fourth-order valence-corrected chi connectivity index (χ4v) is 4.31. The lowest BCUT2D eigenvalue weighted by Gasteiger charge is -2.15. The van der Waals surface area contributed by atoms with Crippen molar-refractivity contribution >= 4 is 27.3 Å². The van der Waals surface area contributed by atoms with Crippen molar-refractivity contribution in [1.82, 2.24) is 5.32 Å². The van der Waals surface area contributed by atoms with Crippen LogP contribution in [0.1, 0.15) is 41.8 Å². The Kier molecular flexibility index (Phi) is 4.53. The summed E-state index contributed by atoms with van der Waals surface area (Å²) in [6.45, 7) is 7.58. The van der Waals surface area contributed by atoms with Crippen LogP contribution in [0.15, 0.2) is 28.7 Å². The fourth-order valence-electron chi connectivity index (χ4n) is 2.91. The standard InChI is InChI=1S/C18H22BrNS/c1-4-20-18(13-5-6-13)16-8-7-15(21-16)14-9-11(2)17(19)12(3)10-14/h7-10,13,18,20H,4-6H2,1-3H3. The highest BCUT2D eigenvalue weighted by Gasteiger charge is 2.32. The van der Waals surface area contributed by atoms with Crippen LogP contribution in [-0.4, -0.2) is 6.54 Å². The van der Waals surface area contributed by atoms with Crippen LogP contribution in [0.25, 0.3) is 10.4 Å². The molecule has 0 bridgehead atoms. The van der Waals surface area contributed by atoms with Crippen LogP contribution >= 0.6 is 27.3 Å². The molecule has 1 atom stereocenters. The molecule has 1 aliphatic carbocycles. The molecule has 0 spiro atoms. The van der Waals surface area contributed by atoms with Gasteiger partial charge in [-0.1, -0.05) is 22.9 Å². The molecule has 0 aliphatic heterocycles. The molecule has 1 N–H and O–H groups in total. The summed E-state index contributed by atoms with van der Waals surface area (Å²) in [5, 5.41) is 3.66. The summed E-state index contributed by atoms with van der Waals surface area (Å²) >= 11 is 5.60. The second-order valence-corrected chi connectivity index (χ2v) is 7.91. The smallest absolute Gasteiger partial charge is 0.0443 e. The number of hydrogen-bond donors (Lipinski definition) is 1. The van der Waals surface area contributed by atoms with E-state index < -0.39 is 0 Å². The molecule has 112 valence electrons. The Bertz CT molecular complexity index is 619. The predicted molar refractivity (Wildman–Crippen MR) is 96.1 cm³/mol. The van der Waals surface area contributed by atoms with Gasteiger partial charge in [0.05, 0.1) is 0 Å². The molecule has 21 heavy (non-hydrogen) atoms. The molecule has 1 heterocycles. The lowest BCUT2D eigenvalue weighted by molar-refractivity contribution is 0.504. The zero-order valence-electron chi connectivity index (χ0n) is 12.9. The van der Waals surface area contributed by atoms with Gasteiger partial charge in [0, 0.05) is 20.3 Å². The first-order valence-electron chi connectivity index (χ1n) is 7.70. The van der Waals surface area contributed by atoms with Crippen LogP contribution in [-0.2, 0) is 0 Å². The largest absolute Gasteiger partial charge is 0.309 e. The first kappa shape index (κ1) is 15.3. The van der Waals surface area contributed by atoms with E-state index in [0.717, 1.165) is 12.5 Å². The minimum absolute atomic E-state index is 0.561. The molecule has 0 saturated heterocycles. The SMILES string of the molecule is CCNC(c1ccc(-c2cc(C)c(Br)c(C)c2)s1)C1CC1. The maximum Gasteiger partial charge on any atom is 0.0443 e. The minimum atomic E-state index is 0.561. The van der Waals surface area contributed by atoms with Crippen molar-refractivity contribution in [3.05, 3.63) is 44.7 Å². The van der Waals surface area contributed by atoms with Crippen LogP contribution in [0.3, 0.4) is 0 Å². The number of halogens is 1. The lowest BCUT2D eigenvalue weighted by Crippen LogP contribution is -2.21. The molecule has 1 aliphatic rings. The van der Waals surface area contributed by atoms with E-state index in [-0.39, 0.29) is 0 Å². The van der Waals surface area contributed by atoms with Crippen molar-refractivity contribution in [2.75, 3.05) is 6.54 Å². The lowest BCUT2D eigenvalue weighted by atomic mass is 10.1. The second-order valence-electron chi connectivity index (χ2n) is 6.00. The van der Waals surface area contributed by atoms with Gasteiger partial charge < -0.3 is 5.32 Å². The summed E-state index contributed by atoms with van der Waals surface area (Å²) in [5.74, 6) is 0.852. The second kappa shape index (κ2) is 6.23. The molecular formula is C18H22BrNS. The Labute approximate surface area is 139 Å². The van der Waals surface area contributed by atoms with Gasteiger partial charge in [0.15, 0.2) is 0 Å². The van der Waals surface area contributed by atoms with Crippen LogP contribution in [0.2, 0.25) is 0 Å². The van der Waals surface area contributed by atoms with Crippen molar-refractivity contribution in [2.45, 2.75) is 39.7 Å². The number of hydrogen-bond acceptors (Lipinski definition) is 2. The molecule has 0 radical (unpaired) electrons. The highest BCUT2D eigenvalue weighted by molar-refractivity contribution is 9.10. The molecule has 1 saturated carbocycles. The summed E-state index contributed by atoms with van der Waals surface area (Å²) in [4.78, 5) is 2.87. The van der Waals surface area contributed by atoms with Gasteiger partial charge in [-0.25, -0.2) is 0 Å². The monoisotopic (exact) mass is 363 g/mol. The molecule has 0 amide bonds. The van der Waals surface area contributed by atoms with Crippen molar-refractivity contribution in [3.63, 3.8) is 0 Å². The van der Waals surface area contributed by atoms with Crippen LogP contribution < -0.4 is 5.32 Å². The van der Waals surface area contributed by atoms with Crippen LogP contribution in [0.4, 0.5) is 0 Å². The van der Waals surface area contributed by atoms with E-state index in [2.05, 4.69) is 66.3 Å². The molecule has 2 aromatic rings. The van der Waals surface area contributed by atoms with Gasteiger partial charge >= 0.3 is 0 Å². The Balaban J connectivity index is 1.90. The first-order valence-corrected chi connectivity index (χ1v) is 9.31. The van der Waals surface area contributed by atoms with Crippen molar-refractivity contribution < 1.29 is 0 Å². The summed E-state index contributed by atoms with van der Waals surface area (Å²) in [7, 11) is 0. The summed E-state index contributed by atoms with van der Waals surface area (Å²) in [6, 6.07) is 9.73. The molecule has 3 heteroatoms. The van der Waals surface area contributed by atoms with Crippen molar-refractivity contribution in [2.24, 2.45) is 5.92 Å². The number of aryl methyl sites for hydroxylation is 2. The fraction of sp³-hybridized carbons (Fsp3) is 0.444. The highest BCUT2D eigenvalue weighted by atomic mass is 79.9. The summed E-state index contributed by atoms with van der Waals surface area (Å²) in [6.07, 6.45) is 2.75. The molecular weight excluding hydrogens is 342 g/mol. The van der Waals surface area contributed by atoms with E-state index in [1.54, 1.807) is 0 Å². The zero-order chi connectivity index (χ0) is 15.0. The van der Waals surface area contributed by atoms with Gasteiger partial charge in [-0.2, -0.15) is 0 Å². The van der Waals surface area contributed by atoms with E-state index in [0.29, 0.717) is 6.04 Å². The summed E-state index contributed by atoms with van der Waals surface area (Å²) in [5.41, 5.74) is 3.96. The first-order chi connectivity index (χ1) is 10.1. The topological polar surface area (TPSA) is 12.0 Å². The quantitative estimate of drug-likeness (QED) is 0.701. The highest BCUT2D eigenvalue weighted by Crippen LogP contribution is 2.44. The molecule has 1 aromatic carbocycles. The van der Waals surface area contributed by atoms with Gasteiger partial charge in [-0.3, -0.25) is 0 Å². The van der Waals surface area contributed by atoms with Crippen molar-refractivity contribution in [1.29, 1.82) is 0 Å². The minimum Gasteiger partial charge on any atom is -0.309 e. The molecule has 1 nitrogen and oxygen atoms in total. The number of rotatable bonds is 5. The Morgan fingerprint density at radius 1 is 1.24 bits per heavy atom. The Morgan fingerprint density at radius 2 is 1.90 bits per heavy atom. The average Bonchev–Trinajstić information content (AvgIpc) is 3.18. The average molecular weight is 364 g/mol. The maximum atomic E-state index is 3.66. The molecule has 1 fully saturated rings. The number of nitrogens with one attached hydrogen (secondary N) is 1. The molecule has 1 unspecified atom stereocenters. The normalized spacial score (nSPS) is 16.2. The number of thiophene rings is 1. The zero-order valence-corrected chi connectivity index (χ0v) is 15.3. The summed E-state index contributed by atoms with van der Waals surface area (Å²) < 4.78 is 1.23. The van der Waals surface area contributed by atoms with E-state index in [1.165, 1.54) is 43.8 Å². The maximum absolute atomic E-state index is 3.66. The van der Waals surface area contributed by atoms with E-state index in [9.17, 15) is 0 Å². The Hall–Kier alpha value is -0.640. The van der Waals surface area contributed by atoms with Crippen molar-refractivity contribution in [3.8, 4) is 10.4 Å². The van der Waals surface area contributed by atoms with Crippen LogP contribution in [0, 0.1) is 19.8 Å². The predicted octanol–water partition coefficient (Wildman–Crippen LogP) is 5.86. The van der Waals surface area contributed by atoms with Crippen LogP contribution in [0.5, 0.6) is 0 Å². The molecule has 3 rings (SSSR count). The van der Waals surface area contributed by atoms with Gasteiger partial charge in [0.1, 0.15) is 0 Å².